The molecule has 3 nitrogen and oxygen atoms in total. The van der Waals surface area contributed by atoms with Crippen LogP contribution >= 0.6 is 0 Å². The summed E-state index contributed by atoms with van der Waals surface area (Å²) in [5.41, 5.74) is 2.38. The van der Waals surface area contributed by atoms with Gasteiger partial charge in [0.1, 0.15) is 5.75 Å². The molecule has 25 heavy (non-hydrogen) atoms. The second-order valence-corrected chi connectivity index (χ2v) is 6.77. The molecule has 0 amide bonds. The Morgan fingerprint density at radius 2 is 1.76 bits per heavy atom. The van der Waals surface area contributed by atoms with Gasteiger partial charge in [0.25, 0.3) is 0 Å². The Morgan fingerprint density at radius 3 is 2.36 bits per heavy atom. The molecule has 2 atom stereocenters. The van der Waals surface area contributed by atoms with Crippen LogP contribution < -0.4 is 4.74 Å². The molecule has 0 saturated carbocycles. The third kappa shape index (κ3) is 3.97. The van der Waals surface area contributed by atoms with Crippen molar-refractivity contribution in [3.63, 3.8) is 0 Å². The Bertz CT molecular complexity index is 700. The molecule has 0 N–H and O–H groups in total. The number of hydrogen-bond donors (Lipinski definition) is 0. The number of benzene rings is 2. The summed E-state index contributed by atoms with van der Waals surface area (Å²) in [6.07, 6.45) is 2.22. The first-order valence-corrected chi connectivity index (χ1v) is 8.90. The van der Waals surface area contributed by atoms with Crippen LogP contribution in [0.1, 0.15) is 38.0 Å². The number of nitrogens with zero attached hydrogens (tertiary/aromatic N) is 1. The van der Waals surface area contributed by atoms with E-state index in [-0.39, 0.29) is 13.2 Å². The van der Waals surface area contributed by atoms with Gasteiger partial charge in [-0.3, -0.25) is 0 Å². The third-order valence-corrected chi connectivity index (χ3v) is 4.78. The zero-order chi connectivity index (χ0) is 17.8. The van der Waals surface area contributed by atoms with Gasteiger partial charge in [-0.2, -0.15) is 0 Å². The number of hydrogen-bond acceptors (Lipinski definition) is 3. The van der Waals surface area contributed by atoms with Crippen molar-refractivity contribution in [2.45, 2.75) is 39.0 Å². The maximum atomic E-state index is 6.41. The van der Waals surface area contributed by atoms with E-state index in [9.17, 15) is 0 Å². The Kier molecular flexibility index (Phi) is 5.62. The van der Waals surface area contributed by atoms with Crippen LogP contribution in [0.25, 0.3) is 6.08 Å². The SMILES string of the molecule is COc1ccc(/C=C/B2O[C@H](c3ccccc3)[C@@H](C)N2C(C)C)cc1. The molecular weight excluding hydrogens is 309 g/mol. The van der Waals surface area contributed by atoms with Crippen LogP contribution in [0.15, 0.2) is 60.6 Å². The Balaban J connectivity index is 1.79. The molecule has 1 aliphatic heterocycles. The number of rotatable bonds is 5. The predicted molar refractivity (Wildman–Crippen MR) is 104 cm³/mol. The Morgan fingerprint density at radius 1 is 1.08 bits per heavy atom. The van der Waals surface area contributed by atoms with Crippen LogP contribution in [0.3, 0.4) is 0 Å². The maximum Gasteiger partial charge on any atom is 0.412 e. The summed E-state index contributed by atoms with van der Waals surface area (Å²) < 4.78 is 11.6. The fourth-order valence-corrected chi connectivity index (χ4v) is 3.54. The highest BCUT2D eigenvalue weighted by molar-refractivity contribution is 6.56. The Hall–Kier alpha value is -2.04. The van der Waals surface area contributed by atoms with E-state index < -0.39 is 0 Å². The van der Waals surface area contributed by atoms with Crippen LogP contribution in [0.2, 0.25) is 0 Å². The van der Waals surface area contributed by atoms with E-state index in [1.807, 2.05) is 18.2 Å². The number of ether oxygens (including phenoxy) is 1. The molecule has 0 aliphatic carbocycles. The molecule has 4 heteroatoms. The summed E-state index contributed by atoms with van der Waals surface area (Å²) in [6.45, 7) is 6.70. The molecule has 2 aromatic rings. The third-order valence-electron chi connectivity index (χ3n) is 4.78. The van der Waals surface area contributed by atoms with Crippen LogP contribution in [0.4, 0.5) is 0 Å². The van der Waals surface area contributed by atoms with Crippen molar-refractivity contribution in [2.75, 3.05) is 7.11 Å². The normalized spacial score (nSPS) is 21.4. The van der Waals surface area contributed by atoms with Crippen LogP contribution in [-0.4, -0.2) is 31.1 Å². The lowest BCUT2D eigenvalue weighted by atomic mass is 9.78. The summed E-state index contributed by atoms with van der Waals surface area (Å²) in [5.74, 6) is 3.03. The fraction of sp³-hybridized carbons (Fsp3) is 0.333. The first-order valence-electron chi connectivity index (χ1n) is 8.90. The van der Waals surface area contributed by atoms with Crippen molar-refractivity contribution in [1.82, 2.24) is 4.81 Å². The van der Waals surface area contributed by atoms with E-state index in [0.29, 0.717) is 12.1 Å². The summed E-state index contributed by atoms with van der Waals surface area (Å²) in [5, 5.41) is 0. The monoisotopic (exact) mass is 335 g/mol. The molecule has 130 valence electrons. The van der Waals surface area contributed by atoms with Crippen LogP contribution in [-0.2, 0) is 4.65 Å². The summed E-state index contributed by atoms with van der Waals surface area (Å²) in [7, 11) is 1.66. The molecule has 0 bridgehead atoms. The van der Waals surface area contributed by atoms with Gasteiger partial charge in [0.2, 0.25) is 0 Å². The van der Waals surface area contributed by atoms with E-state index >= 15 is 0 Å². The lowest BCUT2D eigenvalue weighted by Crippen LogP contribution is -2.43. The van der Waals surface area contributed by atoms with Crippen molar-refractivity contribution in [2.24, 2.45) is 0 Å². The first kappa shape index (κ1) is 17.8. The molecule has 1 aliphatic rings. The maximum absolute atomic E-state index is 6.41. The highest BCUT2D eigenvalue weighted by Crippen LogP contribution is 2.35. The van der Waals surface area contributed by atoms with Crippen molar-refractivity contribution in [1.29, 1.82) is 0 Å². The zero-order valence-electron chi connectivity index (χ0n) is 15.4. The molecular formula is C21H26BNO2. The minimum absolute atomic E-state index is 0.0256. The van der Waals surface area contributed by atoms with Crippen LogP contribution in [0, 0.1) is 0 Å². The van der Waals surface area contributed by atoms with Gasteiger partial charge in [0, 0.05) is 6.04 Å². The van der Waals surface area contributed by atoms with Crippen LogP contribution in [0.5, 0.6) is 5.75 Å². The van der Waals surface area contributed by atoms with E-state index in [4.69, 9.17) is 9.39 Å². The predicted octanol–water partition coefficient (Wildman–Crippen LogP) is 4.61. The molecule has 1 fully saturated rings. The quantitative estimate of drug-likeness (QED) is 0.745. The lowest BCUT2D eigenvalue weighted by molar-refractivity contribution is 0.197. The summed E-state index contributed by atoms with van der Waals surface area (Å²) in [4.78, 5) is 2.43. The first-order chi connectivity index (χ1) is 12.1. The molecule has 1 saturated heterocycles. The van der Waals surface area contributed by atoms with Crippen molar-refractivity contribution in [3.8, 4) is 5.75 Å². The molecule has 0 spiro atoms. The average Bonchev–Trinajstić information content (AvgIpc) is 2.97. The van der Waals surface area contributed by atoms with E-state index in [1.54, 1.807) is 7.11 Å². The average molecular weight is 335 g/mol. The number of methoxy groups -OCH3 is 1. The van der Waals surface area contributed by atoms with Gasteiger partial charge in [-0.05, 0) is 36.2 Å². The van der Waals surface area contributed by atoms with E-state index in [0.717, 1.165) is 11.3 Å². The van der Waals surface area contributed by atoms with Gasteiger partial charge >= 0.3 is 7.05 Å². The topological polar surface area (TPSA) is 21.7 Å². The van der Waals surface area contributed by atoms with Gasteiger partial charge < -0.3 is 14.2 Å². The smallest absolute Gasteiger partial charge is 0.412 e. The fourth-order valence-electron chi connectivity index (χ4n) is 3.54. The second kappa shape index (κ2) is 7.90. The lowest BCUT2D eigenvalue weighted by Gasteiger charge is -2.28. The summed E-state index contributed by atoms with van der Waals surface area (Å²) >= 11 is 0. The highest BCUT2D eigenvalue weighted by Gasteiger charge is 2.43. The molecule has 1 heterocycles. The second-order valence-electron chi connectivity index (χ2n) is 6.77. The zero-order valence-corrected chi connectivity index (χ0v) is 15.4. The molecule has 3 rings (SSSR count). The van der Waals surface area contributed by atoms with Crippen molar-refractivity contribution < 1.29 is 9.39 Å². The van der Waals surface area contributed by atoms with Gasteiger partial charge in [-0.15, -0.1) is 0 Å². The van der Waals surface area contributed by atoms with Gasteiger partial charge in [-0.25, -0.2) is 0 Å². The minimum atomic E-state index is -0.0256. The van der Waals surface area contributed by atoms with Gasteiger partial charge in [-0.1, -0.05) is 68.4 Å². The highest BCUT2D eigenvalue weighted by atomic mass is 16.5. The van der Waals surface area contributed by atoms with Gasteiger partial charge in [0.05, 0.1) is 13.2 Å². The molecule has 2 aromatic carbocycles. The Labute approximate surface area is 151 Å². The van der Waals surface area contributed by atoms with Gasteiger partial charge in [0.15, 0.2) is 0 Å². The van der Waals surface area contributed by atoms with Crippen molar-refractivity contribution >= 4 is 13.1 Å². The van der Waals surface area contributed by atoms with E-state index in [2.05, 4.69) is 74.0 Å². The molecule has 0 unspecified atom stereocenters. The summed E-state index contributed by atoms with van der Waals surface area (Å²) in [6, 6.07) is 19.3. The standard InChI is InChI=1S/C21H26BNO2/c1-16(2)23-17(3)21(19-8-6-5-7-9-19)25-22(23)15-14-18-10-12-20(24-4)13-11-18/h5-17,21H,1-4H3/b15-14+/t17-,21+/m1/s1. The van der Waals surface area contributed by atoms with E-state index in [1.165, 1.54) is 5.56 Å². The molecule has 0 radical (unpaired) electrons. The molecule has 0 aromatic heterocycles. The largest absolute Gasteiger partial charge is 0.497 e. The minimum Gasteiger partial charge on any atom is -0.497 e. The van der Waals surface area contributed by atoms with Crippen molar-refractivity contribution in [3.05, 3.63) is 71.7 Å².